The lowest BCUT2D eigenvalue weighted by molar-refractivity contribution is 0.347. The molecule has 2 rings (SSSR count). The number of anilines is 1. The van der Waals surface area contributed by atoms with E-state index >= 15 is 0 Å². The van der Waals surface area contributed by atoms with Crippen molar-refractivity contribution in [2.24, 2.45) is 0 Å². The Hall–Kier alpha value is -2.56. The van der Waals surface area contributed by atoms with Crippen LogP contribution in [-0.4, -0.2) is 26.4 Å². The fourth-order valence-electron chi connectivity index (χ4n) is 2.01. The molecule has 21 heavy (non-hydrogen) atoms. The maximum Gasteiger partial charge on any atom is 0.164 e. The Kier molecular flexibility index (Phi) is 4.77. The lowest BCUT2D eigenvalue weighted by Crippen LogP contribution is -2.03. The molecule has 2 aromatic carbocycles. The summed E-state index contributed by atoms with van der Waals surface area (Å²) < 4.78 is 15.9. The Bertz CT molecular complexity index is 596. The quantitative estimate of drug-likeness (QED) is 0.800. The van der Waals surface area contributed by atoms with Gasteiger partial charge in [0.1, 0.15) is 11.5 Å². The highest BCUT2D eigenvalue weighted by Gasteiger charge is 2.11. The third-order valence-corrected chi connectivity index (χ3v) is 3.14. The van der Waals surface area contributed by atoms with Gasteiger partial charge >= 0.3 is 0 Å². The van der Waals surface area contributed by atoms with Crippen molar-refractivity contribution in [3.63, 3.8) is 0 Å². The number of hydrogen-bond donors (Lipinski definition) is 2. The summed E-state index contributed by atoms with van der Waals surface area (Å²) in [6, 6.07) is 10.6. The van der Waals surface area contributed by atoms with Crippen LogP contribution in [0.2, 0.25) is 0 Å². The molecule has 0 spiro atoms. The summed E-state index contributed by atoms with van der Waals surface area (Å²) in [4.78, 5) is 0. The van der Waals surface area contributed by atoms with Crippen LogP contribution in [0.1, 0.15) is 5.56 Å². The number of phenols is 1. The molecule has 2 aromatic rings. The first-order valence-electron chi connectivity index (χ1n) is 6.49. The second-order valence-electron chi connectivity index (χ2n) is 4.42. The van der Waals surface area contributed by atoms with Gasteiger partial charge in [-0.3, -0.25) is 0 Å². The van der Waals surface area contributed by atoms with Gasteiger partial charge in [-0.1, -0.05) is 0 Å². The van der Waals surface area contributed by atoms with Gasteiger partial charge in [-0.05, 0) is 30.3 Å². The minimum absolute atomic E-state index is 0.240. The normalized spacial score (nSPS) is 10.0. The van der Waals surface area contributed by atoms with Crippen LogP contribution in [0.4, 0.5) is 5.69 Å². The molecule has 2 N–H and O–H groups in total. The first-order valence-corrected chi connectivity index (χ1v) is 6.49. The number of hydrogen-bond acceptors (Lipinski definition) is 5. The molecule has 0 heterocycles. The van der Waals surface area contributed by atoms with Crippen LogP contribution in [0.15, 0.2) is 36.4 Å². The molecule has 0 fully saturated rings. The Morgan fingerprint density at radius 3 is 2.00 bits per heavy atom. The van der Waals surface area contributed by atoms with Gasteiger partial charge in [-0.15, -0.1) is 0 Å². The molecule has 0 saturated heterocycles. The number of methoxy groups -OCH3 is 3. The van der Waals surface area contributed by atoms with Crippen LogP contribution >= 0.6 is 0 Å². The number of ether oxygens (including phenoxy) is 3. The van der Waals surface area contributed by atoms with Crippen LogP contribution in [0.25, 0.3) is 0 Å². The van der Waals surface area contributed by atoms with E-state index in [1.54, 1.807) is 39.5 Å². The minimum Gasteiger partial charge on any atom is -0.508 e. The molecule has 0 aromatic heterocycles. The maximum atomic E-state index is 9.27. The molecule has 112 valence electrons. The van der Waals surface area contributed by atoms with Crippen molar-refractivity contribution < 1.29 is 19.3 Å². The first-order chi connectivity index (χ1) is 10.2. The maximum absolute atomic E-state index is 9.27. The average molecular weight is 289 g/mol. The summed E-state index contributed by atoms with van der Waals surface area (Å²) in [6.07, 6.45) is 0. The lowest BCUT2D eigenvalue weighted by atomic mass is 10.1. The molecular weight excluding hydrogens is 270 g/mol. The number of phenolic OH excluding ortho intramolecular Hbond substituents is 1. The van der Waals surface area contributed by atoms with Crippen LogP contribution in [0, 0.1) is 0 Å². The molecule has 0 aliphatic carbocycles. The van der Waals surface area contributed by atoms with E-state index in [4.69, 9.17) is 14.2 Å². The molecule has 0 amide bonds. The van der Waals surface area contributed by atoms with E-state index in [0.717, 1.165) is 17.0 Å². The zero-order valence-electron chi connectivity index (χ0n) is 12.3. The molecule has 0 saturated carbocycles. The van der Waals surface area contributed by atoms with Crippen LogP contribution in [0.3, 0.4) is 0 Å². The summed E-state index contributed by atoms with van der Waals surface area (Å²) in [5.74, 6) is 2.24. The zero-order chi connectivity index (χ0) is 15.2. The van der Waals surface area contributed by atoms with E-state index in [9.17, 15) is 5.11 Å². The number of benzene rings is 2. The Morgan fingerprint density at radius 1 is 0.857 bits per heavy atom. The molecular formula is C16H19NO4. The predicted octanol–water partition coefficient (Wildman–Crippen LogP) is 3.03. The van der Waals surface area contributed by atoms with Gasteiger partial charge in [0.2, 0.25) is 0 Å². The zero-order valence-corrected chi connectivity index (χ0v) is 12.3. The standard InChI is InChI=1S/C16H19NO4/c1-19-14-9-16(21-3)15(20-2)8-11(14)10-17-12-4-6-13(18)7-5-12/h4-9,17-18H,10H2,1-3H3. The van der Waals surface area contributed by atoms with Crippen molar-refractivity contribution in [3.8, 4) is 23.0 Å². The van der Waals surface area contributed by atoms with E-state index in [1.807, 2.05) is 18.2 Å². The smallest absolute Gasteiger partial charge is 0.164 e. The predicted molar refractivity (Wildman–Crippen MR) is 81.5 cm³/mol. The summed E-state index contributed by atoms with van der Waals surface area (Å²) in [7, 11) is 4.80. The summed E-state index contributed by atoms with van der Waals surface area (Å²) >= 11 is 0. The van der Waals surface area contributed by atoms with Crippen molar-refractivity contribution in [1.29, 1.82) is 0 Å². The van der Waals surface area contributed by atoms with E-state index < -0.39 is 0 Å². The average Bonchev–Trinajstić information content (AvgIpc) is 2.53. The van der Waals surface area contributed by atoms with E-state index in [-0.39, 0.29) is 5.75 Å². The summed E-state index contributed by atoms with van der Waals surface area (Å²) in [5.41, 5.74) is 1.85. The van der Waals surface area contributed by atoms with Gasteiger partial charge in [-0.25, -0.2) is 0 Å². The highest BCUT2D eigenvalue weighted by atomic mass is 16.5. The van der Waals surface area contributed by atoms with Crippen molar-refractivity contribution in [2.75, 3.05) is 26.6 Å². The highest BCUT2D eigenvalue weighted by molar-refractivity contribution is 5.53. The van der Waals surface area contributed by atoms with Crippen molar-refractivity contribution in [3.05, 3.63) is 42.0 Å². The van der Waals surface area contributed by atoms with Crippen molar-refractivity contribution >= 4 is 5.69 Å². The molecule has 0 atom stereocenters. The third-order valence-electron chi connectivity index (χ3n) is 3.14. The van der Waals surface area contributed by atoms with Crippen molar-refractivity contribution in [2.45, 2.75) is 6.54 Å². The third kappa shape index (κ3) is 3.51. The molecule has 0 radical (unpaired) electrons. The topological polar surface area (TPSA) is 60.0 Å². The second kappa shape index (κ2) is 6.74. The fourth-order valence-corrected chi connectivity index (χ4v) is 2.01. The minimum atomic E-state index is 0.240. The van der Waals surface area contributed by atoms with Gasteiger partial charge in [0.15, 0.2) is 11.5 Å². The first kappa shape index (κ1) is 14.8. The highest BCUT2D eigenvalue weighted by Crippen LogP contribution is 2.34. The van der Waals surface area contributed by atoms with Gasteiger partial charge in [0.25, 0.3) is 0 Å². The van der Waals surface area contributed by atoms with E-state index in [0.29, 0.717) is 18.0 Å². The van der Waals surface area contributed by atoms with E-state index in [2.05, 4.69) is 5.32 Å². The monoisotopic (exact) mass is 289 g/mol. The number of rotatable bonds is 6. The second-order valence-corrected chi connectivity index (χ2v) is 4.42. The SMILES string of the molecule is COc1cc(OC)c(OC)cc1CNc1ccc(O)cc1. The van der Waals surface area contributed by atoms with Gasteiger partial charge in [-0.2, -0.15) is 0 Å². The molecule has 0 bridgehead atoms. The van der Waals surface area contributed by atoms with Gasteiger partial charge in [0, 0.05) is 23.9 Å². The van der Waals surface area contributed by atoms with Gasteiger partial charge in [0.05, 0.1) is 21.3 Å². The molecule has 0 aliphatic rings. The van der Waals surface area contributed by atoms with Gasteiger partial charge < -0.3 is 24.6 Å². The molecule has 0 aliphatic heterocycles. The molecule has 5 heteroatoms. The van der Waals surface area contributed by atoms with Crippen molar-refractivity contribution in [1.82, 2.24) is 0 Å². The molecule has 5 nitrogen and oxygen atoms in total. The Labute approximate surface area is 124 Å². The van der Waals surface area contributed by atoms with Crippen LogP contribution < -0.4 is 19.5 Å². The lowest BCUT2D eigenvalue weighted by Gasteiger charge is -2.15. The summed E-state index contributed by atoms with van der Waals surface area (Å²) in [5, 5.41) is 12.5. The largest absolute Gasteiger partial charge is 0.508 e. The molecule has 0 unspecified atom stereocenters. The number of nitrogens with one attached hydrogen (secondary N) is 1. The van der Waals surface area contributed by atoms with E-state index in [1.165, 1.54) is 0 Å². The Balaban J connectivity index is 2.20. The Morgan fingerprint density at radius 2 is 1.43 bits per heavy atom. The summed E-state index contributed by atoms with van der Waals surface area (Å²) in [6.45, 7) is 0.564. The fraction of sp³-hybridized carbons (Fsp3) is 0.250. The van der Waals surface area contributed by atoms with Crippen LogP contribution in [-0.2, 0) is 6.54 Å². The van der Waals surface area contributed by atoms with Crippen LogP contribution in [0.5, 0.6) is 23.0 Å². The number of aromatic hydroxyl groups is 1.